The molecule has 0 radical (unpaired) electrons. The number of amides is 1. The van der Waals surface area contributed by atoms with Crippen LogP contribution in [0.15, 0.2) is 63.8 Å². The third-order valence-corrected chi connectivity index (χ3v) is 3.05. The van der Waals surface area contributed by atoms with Crippen molar-refractivity contribution >= 4 is 11.6 Å². The van der Waals surface area contributed by atoms with E-state index in [2.05, 4.69) is 10.4 Å². The van der Waals surface area contributed by atoms with E-state index in [0.717, 1.165) is 10.4 Å². The highest BCUT2D eigenvalue weighted by Crippen LogP contribution is 2.11. The quantitative estimate of drug-likeness (QED) is 0.804. The molecule has 1 heterocycles. The molecule has 1 aromatic heterocycles. The van der Waals surface area contributed by atoms with Crippen LogP contribution in [0.25, 0.3) is 5.69 Å². The van der Waals surface area contributed by atoms with Gasteiger partial charge in [0.15, 0.2) is 0 Å². The molecule has 0 aliphatic rings. The lowest BCUT2D eigenvalue weighted by atomic mass is 10.2. The van der Waals surface area contributed by atoms with Crippen LogP contribution in [0.2, 0.25) is 0 Å². The maximum atomic E-state index is 12.1. The van der Waals surface area contributed by atoms with Crippen LogP contribution >= 0.6 is 0 Å². The highest BCUT2D eigenvalue weighted by molar-refractivity contribution is 6.04. The Hall–Kier alpha value is -3.15. The smallest absolute Gasteiger partial charge is 0.392 e. The Labute approximate surface area is 126 Å². The summed E-state index contributed by atoms with van der Waals surface area (Å²) in [5, 5.41) is 6.75. The molecule has 1 amide bonds. The zero-order valence-electron chi connectivity index (χ0n) is 11.8. The normalized spacial score (nSPS) is 10.4. The van der Waals surface area contributed by atoms with Crippen LogP contribution in [-0.4, -0.2) is 15.7 Å². The molecule has 6 heteroatoms. The Bertz CT molecular complexity index is 848. The standard InChI is InChI=1S/C16H13N3O3/c1-11-18-19(16(21)22-11)14-9-7-12(8-10-14)15(20)17-13-5-3-2-4-6-13/h2-10H,1H3,(H,17,20). The lowest BCUT2D eigenvalue weighted by Crippen LogP contribution is -2.15. The first-order valence-electron chi connectivity index (χ1n) is 6.67. The number of carbonyl (C=O) groups excluding carboxylic acids is 1. The Morgan fingerprint density at radius 3 is 2.36 bits per heavy atom. The number of benzene rings is 2. The average Bonchev–Trinajstić information content (AvgIpc) is 2.87. The molecule has 6 nitrogen and oxygen atoms in total. The number of aryl methyl sites for hydroxylation is 1. The van der Waals surface area contributed by atoms with E-state index < -0.39 is 5.76 Å². The summed E-state index contributed by atoms with van der Waals surface area (Å²) < 4.78 is 5.99. The van der Waals surface area contributed by atoms with Crippen molar-refractivity contribution in [3.05, 3.63) is 76.6 Å². The summed E-state index contributed by atoms with van der Waals surface area (Å²) in [4.78, 5) is 23.7. The van der Waals surface area contributed by atoms with Gasteiger partial charge in [-0.05, 0) is 36.4 Å². The fourth-order valence-corrected chi connectivity index (χ4v) is 2.01. The van der Waals surface area contributed by atoms with Crippen molar-refractivity contribution in [1.82, 2.24) is 9.78 Å². The van der Waals surface area contributed by atoms with E-state index in [1.807, 2.05) is 30.3 Å². The molecule has 0 saturated carbocycles. The van der Waals surface area contributed by atoms with Crippen molar-refractivity contribution in [2.24, 2.45) is 0 Å². The van der Waals surface area contributed by atoms with E-state index in [1.165, 1.54) is 0 Å². The van der Waals surface area contributed by atoms with Crippen LogP contribution in [0, 0.1) is 6.92 Å². The molecule has 22 heavy (non-hydrogen) atoms. The summed E-state index contributed by atoms with van der Waals surface area (Å²) in [6, 6.07) is 15.7. The second kappa shape index (κ2) is 5.69. The number of anilines is 1. The lowest BCUT2D eigenvalue weighted by Gasteiger charge is -2.05. The third-order valence-electron chi connectivity index (χ3n) is 3.05. The number of hydrogen-bond acceptors (Lipinski definition) is 4. The number of rotatable bonds is 3. The number of para-hydroxylation sites is 1. The Kier molecular flexibility index (Phi) is 3.57. The highest BCUT2D eigenvalue weighted by atomic mass is 16.4. The first-order valence-corrected chi connectivity index (χ1v) is 6.67. The van der Waals surface area contributed by atoms with Gasteiger partial charge in [-0.3, -0.25) is 4.79 Å². The Morgan fingerprint density at radius 1 is 1.09 bits per heavy atom. The van der Waals surface area contributed by atoms with Crippen LogP contribution in [0.1, 0.15) is 16.2 Å². The van der Waals surface area contributed by atoms with Crippen LogP contribution < -0.4 is 11.1 Å². The van der Waals surface area contributed by atoms with Gasteiger partial charge >= 0.3 is 5.76 Å². The second-order valence-electron chi connectivity index (χ2n) is 4.67. The number of nitrogens with one attached hydrogen (secondary N) is 1. The van der Waals surface area contributed by atoms with E-state index in [9.17, 15) is 9.59 Å². The van der Waals surface area contributed by atoms with Crippen molar-refractivity contribution < 1.29 is 9.21 Å². The SMILES string of the molecule is Cc1nn(-c2ccc(C(=O)Nc3ccccc3)cc2)c(=O)o1. The van der Waals surface area contributed by atoms with Gasteiger partial charge in [-0.15, -0.1) is 5.10 Å². The van der Waals surface area contributed by atoms with Gasteiger partial charge in [0.2, 0.25) is 5.89 Å². The molecule has 0 fully saturated rings. The minimum absolute atomic E-state index is 0.221. The minimum atomic E-state index is -0.556. The number of carbonyl (C=O) groups is 1. The Balaban J connectivity index is 1.81. The summed E-state index contributed by atoms with van der Waals surface area (Å²) in [5.74, 6) is -0.490. The van der Waals surface area contributed by atoms with Crippen molar-refractivity contribution in [2.45, 2.75) is 6.92 Å². The van der Waals surface area contributed by atoms with E-state index in [-0.39, 0.29) is 11.8 Å². The summed E-state index contributed by atoms with van der Waals surface area (Å²) in [5.41, 5.74) is 1.75. The monoisotopic (exact) mass is 295 g/mol. The topological polar surface area (TPSA) is 77.1 Å². The van der Waals surface area contributed by atoms with Gasteiger partial charge in [0.25, 0.3) is 5.91 Å². The molecule has 0 aliphatic carbocycles. The number of aromatic nitrogens is 2. The van der Waals surface area contributed by atoms with Crippen molar-refractivity contribution in [3.8, 4) is 5.69 Å². The van der Waals surface area contributed by atoms with Gasteiger partial charge in [-0.1, -0.05) is 18.2 Å². The van der Waals surface area contributed by atoms with Gasteiger partial charge in [-0.2, -0.15) is 4.68 Å². The third kappa shape index (κ3) is 2.80. The fraction of sp³-hybridized carbons (Fsp3) is 0.0625. The van der Waals surface area contributed by atoms with Crippen molar-refractivity contribution in [1.29, 1.82) is 0 Å². The van der Waals surface area contributed by atoms with Gasteiger partial charge < -0.3 is 9.73 Å². The van der Waals surface area contributed by atoms with E-state index in [0.29, 0.717) is 11.3 Å². The molecule has 2 aromatic carbocycles. The van der Waals surface area contributed by atoms with Crippen LogP contribution in [-0.2, 0) is 0 Å². The van der Waals surface area contributed by atoms with Crippen LogP contribution in [0.3, 0.4) is 0 Å². The number of hydrogen-bond donors (Lipinski definition) is 1. The van der Waals surface area contributed by atoms with Crippen LogP contribution in [0.4, 0.5) is 5.69 Å². The molecule has 3 rings (SSSR count). The van der Waals surface area contributed by atoms with Crippen LogP contribution in [0.5, 0.6) is 0 Å². The largest absolute Gasteiger partial charge is 0.441 e. The zero-order valence-corrected chi connectivity index (χ0v) is 11.8. The average molecular weight is 295 g/mol. The fourth-order valence-electron chi connectivity index (χ4n) is 2.01. The number of nitrogens with zero attached hydrogens (tertiary/aromatic N) is 2. The molecule has 0 aliphatic heterocycles. The lowest BCUT2D eigenvalue weighted by molar-refractivity contribution is 0.102. The summed E-state index contributed by atoms with van der Waals surface area (Å²) >= 11 is 0. The highest BCUT2D eigenvalue weighted by Gasteiger charge is 2.09. The molecule has 0 spiro atoms. The predicted octanol–water partition coefficient (Wildman–Crippen LogP) is 2.39. The molecule has 0 atom stereocenters. The maximum Gasteiger partial charge on any atom is 0.441 e. The van der Waals surface area contributed by atoms with Gasteiger partial charge in [0.05, 0.1) is 5.69 Å². The van der Waals surface area contributed by atoms with E-state index in [1.54, 1.807) is 31.2 Å². The summed E-state index contributed by atoms with van der Waals surface area (Å²) in [7, 11) is 0. The second-order valence-corrected chi connectivity index (χ2v) is 4.67. The van der Waals surface area contributed by atoms with E-state index in [4.69, 9.17) is 4.42 Å². The first-order chi connectivity index (χ1) is 10.6. The molecule has 0 saturated heterocycles. The molecule has 3 aromatic rings. The minimum Gasteiger partial charge on any atom is -0.392 e. The van der Waals surface area contributed by atoms with Gasteiger partial charge in [0, 0.05) is 18.2 Å². The molecule has 0 unspecified atom stereocenters. The first kappa shape index (κ1) is 13.8. The van der Waals surface area contributed by atoms with Gasteiger partial charge in [-0.25, -0.2) is 4.79 Å². The summed E-state index contributed by atoms with van der Waals surface area (Å²) in [6.45, 7) is 1.60. The zero-order chi connectivity index (χ0) is 15.5. The van der Waals surface area contributed by atoms with Crippen molar-refractivity contribution in [2.75, 3.05) is 5.32 Å². The molecule has 0 bridgehead atoms. The molecule has 1 N–H and O–H groups in total. The predicted molar refractivity (Wildman–Crippen MR) is 81.2 cm³/mol. The summed E-state index contributed by atoms with van der Waals surface area (Å²) in [6.07, 6.45) is 0. The maximum absolute atomic E-state index is 12.1. The molecular weight excluding hydrogens is 282 g/mol. The molecular formula is C16H13N3O3. The molecule has 110 valence electrons. The Morgan fingerprint density at radius 2 is 1.77 bits per heavy atom. The van der Waals surface area contributed by atoms with E-state index >= 15 is 0 Å². The van der Waals surface area contributed by atoms with Gasteiger partial charge in [0.1, 0.15) is 0 Å². The van der Waals surface area contributed by atoms with Crippen molar-refractivity contribution in [3.63, 3.8) is 0 Å².